The maximum atomic E-state index is 4.37. The maximum absolute atomic E-state index is 4.37. The van der Waals surface area contributed by atoms with Crippen LogP contribution in [0.5, 0.6) is 0 Å². The van der Waals surface area contributed by atoms with E-state index in [1.54, 1.807) is 6.33 Å². The molecule has 5 heteroatoms. The summed E-state index contributed by atoms with van der Waals surface area (Å²) in [6.45, 7) is 9.92. The Morgan fingerprint density at radius 2 is 2.20 bits per heavy atom. The summed E-state index contributed by atoms with van der Waals surface area (Å²) in [6, 6.07) is 0.925. The van der Waals surface area contributed by atoms with E-state index >= 15 is 0 Å². The third-order valence-electron chi connectivity index (χ3n) is 4.33. The maximum Gasteiger partial charge on any atom is 0.140 e. The smallest absolute Gasteiger partial charge is 0.140 e. The molecule has 2 heterocycles. The quantitative estimate of drug-likeness (QED) is 0.820. The van der Waals surface area contributed by atoms with Crippen LogP contribution in [0.1, 0.15) is 38.9 Å². The Morgan fingerprint density at radius 3 is 2.95 bits per heavy atom. The molecular weight excluding hydrogens is 250 g/mol. The SMILES string of the molecule is CC(C)Cn1ncnc1CNCC1CCN(C2CC2)C1. The van der Waals surface area contributed by atoms with Gasteiger partial charge in [-0.1, -0.05) is 13.8 Å². The summed E-state index contributed by atoms with van der Waals surface area (Å²) in [4.78, 5) is 7.04. The van der Waals surface area contributed by atoms with Crippen LogP contribution in [0.15, 0.2) is 6.33 Å². The summed E-state index contributed by atoms with van der Waals surface area (Å²) >= 11 is 0. The van der Waals surface area contributed by atoms with Gasteiger partial charge < -0.3 is 10.2 Å². The molecule has 2 aliphatic rings. The van der Waals surface area contributed by atoms with Crippen molar-refractivity contribution in [3.8, 4) is 0 Å². The van der Waals surface area contributed by atoms with Gasteiger partial charge in [0.15, 0.2) is 0 Å². The lowest BCUT2D eigenvalue weighted by Crippen LogP contribution is -2.28. The molecule has 0 radical (unpaired) electrons. The molecule has 5 nitrogen and oxygen atoms in total. The van der Waals surface area contributed by atoms with Crippen LogP contribution in [0.2, 0.25) is 0 Å². The van der Waals surface area contributed by atoms with E-state index in [1.807, 2.05) is 4.68 Å². The molecule has 1 N–H and O–H groups in total. The van der Waals surface area contributed by atoms with Crippen molar-refractivity contribution in [2.45, 2.75) is 52.2 Å². The molecule has 3 rings (SSSR count). The predicted octanol–water partition coefficient (Wildman–Crippen LogP) is 1.51. The van der Waals surface area contributed by atoms with Gasteiger partial charge in [0.1, 0.15) is 12.2 Å². The van der Waals surface area contributed by atoms with Crippen molar-refractivity contribution >= 4 is 0 Å². The number of hydrogen-bond donors (Lipinski definition) is 1. The molecule has 2 fully saturated rings. The van der Waals surface area contributed by atoms with Crippen LogP contribution >= 0.6 is 0 Å². The van der Waals surface area contributed by atoms with E-state index in [0.29, 0.717) is 5.92 Å². The number of nitrogens with zero attached hydrogens (tertiary/aromatic N) is 4. The van der Waals surface area contributed by atoms with Gasteiger partial charge in [-0.15, -0.1) is 0 Å². The highest BCUT2D eigenvalue weighted by Crippen LogP contribution is 2.31. The Labute approximate surface area is 121 Å². The molecule has 1 saturated carbocycles. The zero-order valence-electron chi connectivity index (χ0n) is 12.8. The first-order chi connectivity index (χ1) is 9.72. The zero-order chi connectivity index (χ0) is 13.9. The minimum atomic E-state index is 0.609. The molecule has 1 aliphatic heterocycles. The fourth-order valence-corrected chi connectivity index (χ4v) is 3.11. The molecule has 20 heavy (non-hydrogen) atoms. The number of hydrogen-bond acceptors (Lipinski definition) is 4. The first-order valence-electron chi connectivity index (χ1n) is 8.04. The van der Waals surface area contributed by atoms with E-state index < -0.39 is 0 Å². The Balaban J connectivity index is 1.40. The van der Waals surface area contributed by atoms with Gasteiger partial charge in [0.2, 0.25) is 0 Å². The summed E-state index contributed by atoms with van der Waals surface area (Å²) in [5.74, 6) is 2.49. The van der Waals surface area contributed by atoms with Crippen molar-refractivity contribution in [3.05, 3.63) is 12.2 Å². The molecule has 1 aromatic heterocycles. The normalized spacial score (nSPS) is 23.9. The summed E-state index contributed by atoms with van der Waals surface area (Å²) in [6.07, 6.45) is 5.88. The van der Waals surface area contributed by atoms with Crippen LogP contribution in [0.3, 0.4) is 0 Å². The molecular formula is C15H27N5. The van der Waals surface area contributed by atoms with Crippen molar-refractivity contribution in [2.24, 2.45) is 11.8 Å². The number of nitrogens with one attached hydrogen (secondary N) is 1. The van der Waals surface area contributed by atoms with E-state index in [-0.39, 0.29) is 0 Å². The second kappa shape index (κ2) is 6.22. The van der Waals surface area contributed by atoms with Gasteiger partial charge in [0, 0.05) is 19.1 Å². The average Bonchev–Trinajstić information content (AvgIpc) is 3.00. The number of likely N-dealkylation sites (tertiary alicyclic amines) is 1. The van der Waals surface area contributed by atoms with E-state index in [9.17, 15) is 0 Å². The van der Waals surface area contributed by atoms with Crippen LogP contribution < -0.4 is 5.32 Å². The van der Waals surface area contributed by atoms with E-state index in [4.69, 9.17) is 0 Å². The van der Waals surface area contributed by atoms with Gasteiger partial charge in [0.25, 0.3) is 0 Å². The van der Waals surface area contributed by atoms with Crippen LogP contribution in [0.25, 0.3) is 0 Å². The van der Waals surface area contributed by atoms with Crippen molar-refractivity contribution in [2.75, 3.05) is 19.6 Å². The first-order valence-corrected chi connectivity index (χ1v) is 8.04. The molecule has 1 unspecified atom stereocenters. The highest BCUT2D eigenvalue weighted by molar-refractivity contribution is 4.90. The highest BCUT2D eigenvalue weighted by Gasteiger charge is 2.33. The predicted molar refractivity (Wildman–Crippen MR) is 79.3 cm³/mol. The third-order valence-corrected chi connectivity index (χ3v) is 4.33. The van der Waals surface area contributed by atoms with Crippen molar-refractivity contribution in [1.29, 1.82) is 0 Å². The Hall–Kier alpha value is -0.940. The second-order valence-electron chi connectivity index (χ2n) is 6.76. The number of aromatic nitrogens is 3. The average molecular weight is 277 g/mol. The summed E-state index contributed by atoms with van der Waals surface area (Å²) in [7, 11) is 0. The number of rotatable bonds is 7. The lowest BCUT2D eigenvalue weighted by atomic mass is 10.1. The Morgan fingerprint density at radius 1 is 1.35 bits per heavy atom. The molecule has 0 aromatic carbocycles. The lowest BCUT2D eigenvalue weighted by Gasteiger charge is -2.15. The zero-order valence-corrected chi connectivity index (χ0v) is 12.8. The largest absolute Gasteiger partial charge is 0.310 e. The first kappa shape index (κ1) is 14.0. The minimum absolute atomic E-state index is 0.609. The highest BCUT2D eigenvalue weighted by atomic mass is 15.3. The van der Waals surface area contributed by atoms with Crippen molar-refractivity contribution in [1.82, 2.24) is 25.0 Å². The van der Waals surface area contributed by atoms with E-state index in [1.165, 1.54) is 32.4 Å². The van der Waals surface area contributed by atoms with Crippen LogP contribution in [0.4, 0.5) is 0 Å². The molecule has 0 spiro atoms. The molecule has 1 saturated heterocycles. The second-order valence-corrected chi connectivity index (χ2v) is 6.76. The molecule has 0 bridgehead atoms. The Bertz CT molecular complexity index is 424. The minimum Gasteiger partial charge on any atom is -0.310 e. The van der Waals surface area contributed by atoms with Gasteiger partial charge in [0.05, 0.1) is 6.54 Å². The summed E-state index contributed by atoms with van der Waals surface area (Å²) in [5.41, 5.74) is 0. The van der Waals surface area contributed by atoms with Gasteiger partial charge >= 0.3 is 0 Å². The van der Waals surface area contributed by atoms with Crippen molar-refractivity contribution < 1.29 is 0 Å². The van der Waals surface area contributed by atoms with Gasteiger partial charge in [-0.2, -0.15) is 5.10 Å². The monoisotopic (exact) mass is 277 g/mol. The molecule has 0 amide bonds. The van der Waals surface area contributed by atoms with Gasteiger partial charge in [-0.05, 0) is 44.2 Å². The van der Waals surface area contributed by atoms with Crippen LogP contribution in [0, 0.1) is 11.8 Å². The molecule has 1 aromatic rings. The topological polar surface area (TPSA) is 46.0 Å². The third kappa shape index (κ3) is 3.58. The molecule has 1 atom stereocenters. The molecule has 1 aliphatic carbocycles. The fraction of sp³-hybridized carbons (Fsp3) is 0.867. The fourth-order valence-electron chi connectivity index (χ4n) is 3.11. The van der Waals surface area contributed by atoms with E-state index in [2.05, 4.69) is 34.1 Å². The van der Waals surface area contributed by atoms with Crippen LogP contribution in [-0.2, 0) is 13.1 Å². The summed E-state index contributed by atoms with van der Waals surface area (Å²) in [5, 5.41) is 7.88. The van der Waals surface area contributed by atoms with Gasteiger partial charge in [-0.25, -0.2) is 9.67 Å². The molecule has 112 valence electrons. The van der Waals surface area contributed by atoms with Gasteiger partial charge in [-0.3, -0.25) is 0 Å². The standard InChI is InChI=1S/C15H27N5/c1-12(2)9-20-15(17-11-18-20)8-16-7-13-5-6-19(10-13)14-3-4-14/h11-14,16H,3-10H2,1-2H3. The van der Waals surface area contributed by atoms with Crippen molar-refractivity contribution in [3.63, 3.8) is 0 Å². The summed E-state index contributed by atoms with van der Waals surface area (Å²) < 4.78 is 2.03. The van der Waals surface area contributed by atoms with E-state index in [0.717, 1.165) is 37.4 Å². The Kier molecular flexibility index (Phi) is 4.36. The van der Waals surface area contributed by atoms with Crippen LogP contribution in [-0.4, -0.2) is 45.3 Å². The lowest BCUT2D eigenvalue weighted by molar-refractivity contribution is 0.311.